The van der Waals surface area contributed by atoms with E-state index in [1.807, 2.05) is 0 Å². The van der Waals surface area contributed by atoms with E-state index in [2.05, 4.69) is 6.92 Å². The first-order chi connectivity index (χ1) is 3.91. The Hall–Kier alpha value is -0.0400. The maximum atomic E-state index is 4.89. The van der Waals surface area contributed by atoms with E-state index < -0.39 is 0 Å². The van der Waals surface area contributed by atoms with Crippen LogP contribution in [0.3, 0.4) is 0 Å². The molecule has 0 heterocycles. The molecule has 0 aromatic rings. The molecule has 0 spiro atoms. The molecule has 0 unspecified atom stereocenters. The van der Waals surface area contributed by atoms with Gasteiger partial charge in [-0.05, 0) is 6.42 Å². The average molecular weight is 116 g/mol. The lowest BCUT2D eigenvalue weighted by Crippen LogP contribution is -1.86. The first-order valence-corrected chi connectivity index (χ1v) is 3.40. The molecule has 0 fully saturated rings. The van der Waals surface area contributed by atoms with E-state index in [0.29, 0.717) is 0 Å². The molecule has 0 bridgehead atoms. The van der Waals surface area contributed by atoms with Gasteiger partial charge in [0.25, 0.3) is 0 Å². The predicted molar refractivity (Wildman–Crippen MR) is 36.0 cm³/mol. The van der Waals surface area contributed by atoms with Gasteiger partial charge in [-0.15, -0.1) is 0 Å². The molecule has 0 aliphatic heterocycles. The maximum Gasteiger partial charge on any atom is 0.0462 e. The number of rotatable bonds is 5. The molecule has 0 aromatic heterocycles. The van der Waals surface area contributed by atoms with Crippen LogP contribution in [0.5, 0.6) is 0 Å². The molecule has 0 aliphatic rings. The Kier molecular flexibility index (Phi) is 6.93. The zero-order valence-electron chi connectivity index (χ0n) is 5.94. The summed E-state index contributed by atoms with van der Waals surface area (Å²) in [7, 11) is 1.76. The number of hydrogen-bond donors (Lipinski definition) is 0. The topological polar surface area (TPSA) is 9.23 Å². The summed E-state index contributed by atoms with van der Waals surface area (Å²) in [6.07, 6.45) is 5.21. The van der Waals surface area contributed by atoms with Crippen LogP contribution in [0.25, 0.3) is 0 Å². The van der Waals surface area contributed by atoms with Crippen LogP contribution in [0.2, 0.25) is 0 Å². The molecule has 0 aliphatic carbocycles. The zero-order valence-corrected chi connectivity index (χ0v) is 5.94. The molecule has 0 amide bonds. The highest BCUT2D eigenvalue weighted by molar-refractivity contribution is 4.37. The minimum atomic E-state index is 0.931. The number of hydrogen-bond acceptors (Lipinski definition) is 1. The van der Waals surface area contributed by atoms with Crippen LogP contribution in [0.4, 0.5) is 0 Å². The van der Waals surface area contributed by atoms with Crippen molar-refractivity contribution in [3.8, 4) is 0 Å². The van der Waals surface area contributed by atoms with Gasteiger partial charge in [-0.25, -0.2) is 0 Å². The van der Waals surface area contributed by atoms with Crippen molar-refractivity contribution in [3.63, 3.8) is 0 Å². The fourth-order valence-electron chi connectivity index (χ4n) is 0.673. The van der Waals surface area contributed by atoms with Gasteiger partial charge in [-0.3, -0.25) is 0 Å². The van der Waals surface area contributed by atoms with Crippen molar-refractivity contribution in [2.75, 3.05) is 13.7 Å². The maximum absolute atomic E-state index is 4.89. The van der Waals surface area contributed by atoms with E-state index in [-0.39, 0.29) is 0 Å². The van der Waals surface area contributed by atoms with Crippen LogP contribution in [-0.4, -0.2) is 13.7 Å². The average Bonchev–Trinajstić information content (AvgIpc) is 1.81. The molecule has 0 aromatic carbocycles. The summed E-state index contributed by atoms with van der Waals surface area (Å²) >= 11 is 0. The van der Waals surface area contributed by atoms with Gasteiger partial charge in [0, 0.05) is 13.7 Å². The van der Waals surface area contributed by atoms with E-state index in [9.17, 15) is 0 Å². The smallest absolute Gasteiger partial charge is 0.0462 e. The van der Waals surface area contributed by atoms with E-state index in [0.717, 1.165) is 6.61 Å². The molecule has 0 atom stereocenters. The fraction of sp³-hybridized carbons (Fsp3) is 1.00. The standard InChI is InChI=1S/C7H16O/c1-3-4-5-6-7-8-2/h3-7H2,1-2H3. The molecule has 8 heavy (non-hydrogen) atoms. The Morgan fingerprint density at radius 3 is 2.38 bits per heavy atom. The van der Waals surface area contributed by atoms with Crippen LogP contribution in [0.1, 0.15) is 32.6 Å². The summed E-state index contributed by atoms with van der Waals surface area (Å²) < 4.78 is 4.89. The van der Waals surface area contributed by atoms with Gasteiger partial charge < -0.3 is 4.74 Å². The monoisotopic (exact) mass is 116 g/mol. The van der Waals surface area contributed by atoms with E-state index in [4.69, 9.17) is 4.74 Å². The molecule has 1 nitrogen and oxygen atoms in total. The first kappa shape index (κ1) is 7.96. The summed E-state index contributed by atoms with van der Waals surface area (Å²) in [6.45, 7) is 3.15. The lowest BCUT2D eigenvalue weighted by molar-refractivity contribution is 0.192. The summed E-state index contributed by atoms with van der Waals surface area (Å²) in [4.78, 5) is 0. The quantitative estimate of drug-likeness (QED) is 0.500. The van der Waals surface area contributed by atoms with Crippen molar-refractivity contribution in [1.82, 2.24) is 0 Å². The largest absolute Gasteiger partial charge is 0.385 e. The number of ether oxygens (including phenoxy) is 1. The Labute approximate surface area is 52.0 Å². The number of unbranched alkanes of at least 4 members (excludes halogenated alkanes) is 3. The minimum Gasteiger partial charge on any atom is -0.385 e. The highest BCUT2D eigenvalue weighted by atomic mass is 16.5. The normalized spacial score (nSPS) is 9.75. The van der Waals surface area contributed by atoms with Crippen LogP contribution in [-0.2, 0) is 4.74 Å². The van der Waals surface area contributed by atoms with Crippen LogP contribution >= 0.6 is 0 Å². The van der Waals surface area contributed by atoms with Crippen molar-refractivity contribution < 1.29 is 4.74 Å². The Bertz CT molecular complexity index is 29.4. The second-order valence-corrected chi connectivity index (χ2v) is 2.05. The highest BCUT2D eigenvalue weighted by Crippen LogP contribution is 1.97. The van der Waals surface area contributed by atoms with Gasteiger partial charge in [0.15, 0.2) is 0 Å². The predicted octanol–water partition coefficient (Wildman–Crippen LogP) is 2.21. The molecular weight excluding hydrogens is 100 g/mol. The first-order valence-electron chi connectivity index (χ1n) is 3.40. The van der Waals surface area contributed by atoms with Crippen molar-refractivity contribution in [2.24, 2.45) is 0 Å². The van der Waals surface area contributed by atoms with Gasteiger partial charge in [-0.2, -0.15) is 0 Å². The second-order valence-electron chi connectivity index (χ2n) is 2.05. The summed E-state index contributed by atoms with van der Waals surface area (Å²) in [5.41, 5.74) is 0. The van der Waals surface area contributed by atoms with Gasteiger partial charge in [-0.1, -0.05) is 26.2 Å². The van der Waals surface area contributed by atoms with Crippen molar-refractivity contribution in [1.29, 1.82) is 0 Å². The lowest BCUT2D eigenvalue weighted by Gasteiger charge is -1.95. The van der Waals surface area contributed by atoms with E-state index in [1.54, 1.807) is 7.11 Å². The highest BCUT2D eigenvalue weighted by Gasteiger charge is 1.83. The number of methoxy groups -OCH3 is 1. The molecule has 0 saturated heterocycles. The van der Waals surface area contributed by atoms with Crippen molar-refractivity contribution >= 4 is 0 Å². The third-order valence-electron chi connectivity index (χ3n) is 1.20. The summed E-state index contributed by atoms with van der Waals surface area (Å²) in [5.74, 6) is 0. The molecule has 0 N–H and O–H groups in total. The minimum absolute atomic E-state index is 0.931. The molecule has 0 radical (unpaired) electrons. The molecule has 1 heteroatoms. The van der Waals surface area contributed by atoms with E-state index >= 15 is 0 Å². The lowest BCUT2D eigenvalue weighted by atomic mass is 10.2. The third kappa shape index (κ3) is 5.96. The Balaban J connectivity index is 2.53. The molecular formula is C7H16O. The third-order valence-corrected chi connectivity index (χ3v) is 1.20. The second kappa shape index (κ2) is 6.96. The van der Waals surface area contributed by atoms with Crippen LogP contribution in [0, 0.1) is 0 Å². The Morgan fingerprint density at radius 1 is 1.12 bits per heavy atom. The summed E-state index contributed by atoms with van der Waals surface area (Å²) in [6, 6.07) is 0. The van der Waals surface area contributed by atoms with Crippen molar-refractivity contribution in [3.05, 3.63) is 0 Å². The van der Waals surface area contributed by atoms with Crippen LogP contribution in [0.15, 0.2) is 0 Å². The zero-order chi connectivity index (χ0) is 6.24. The van der Waals surface area contributed by atoms with Gasteiger partial charge in [0.1, 0.15) is 0 Å². The SMILES string of the molecule is CCCCCCOC. The van der Waals surface area contributed by atoms with Gasteiger partial charge in [0.2, 0.25) is 0 Å². The van der Waals surface area contributed by atoms with Crippen LogP contribution < -0.4 is 0 Å². The molecule has 0 rings (SSSR count). The molecule has 50 valence electrons. The van der Waals surface area contributed by atoms with Gasteiger partial charge >= 0.3 is 0 Å². The van der Waals surface area contributed by atoms with Gasteiger partial charge in [0.05, 0.1) is 0 Å². The summed E-state index contributed by atoms with van der Waals surface area (Å²) in [5, 5.41) is 0. The Morgan fingerprint density at radius 2 is 1.88 bits per heavy atom. The molecule has 0 saturated carbocycles. The van der Waals surface area contributed by atoms with Crippen molar-refractivity contribution in [2.45, 2.75) is 32.6 Å². The fourth-order valence-corrected chi connectivity index (χ4v) is 0.673. The van der Waals surface area contributed by atoms with E-state index in [1.165, 1.54) is 25.7 Å².